The number of carbonyl (C=O) groups is 2. The number of sulfonamides is 1. The predicted octanol–water partition coefficient (Wildman–Crippen LogP) is 3.49. The van der Waals surface area contributed by atoms with Crippen molar-refractivity contribution >= 4 is 21.8 Å². The molecule has 2 amide bonds. The number of carbonyl (C=O) groups excluding carboxylic acids is 2. The number of aryl methyl sites for hydroxylation is 3. The molecule has 0 spiro atoms. The molecule has 2 aromatic rings. The minimum atomic E-state index is -3.60. The van der Waals surface area contributed by atoms with Gasteiger partial charge in [0.2, 0.25) is 21.8 Å². The molecule has 1 heterocycles. The number of piperazine rings is 1. The zero-order chi connectivity index (χ0) is 25.2. The Balaban J connectivity index is 1.28. The van der Waals surface area contributed by atoms with Crippen molar-refractivity contribution in [1.82, 2.24) is 14.5 Å². The summed E-state index contributed by atoms with van der Waals surface area (Å²) in [6, 6.07) is 13.7. The Morgan fingerprint density at radius 1 is 0.914 bits per heavy atom. The minimum absolute atomic E-state index is 0.00275. The van der Waals surface area contributed by atoms with Crippen molar-refractivity contribution in [3.05, 3.63) is 64.7 Å². The first-order chi connectivity index (χ1) is 16.6. The minimum Gasteiger partial charge on any atom is -0.349 e. The van der Waals surface area contributed by atoms with E-state index in [-0.39, 0.29) is 43.8 Å². The molecule has 1 aliphatic heterocycles. The number of hydrogen-bond donors (Lipinski definition) is 1. The Bertz CT molecular complexity index is 1180. The summed E-state index contributed by atoms with van der Waals surface area (Å²) in [6.07, 6.45) is 2.47. The zero-order valence-electron chi connectivity index (χ0n) is 20.8. The largest absolute Gasteiger partial charge is 0.349 e. The fraction of sp³-hybridized carbons (Fsp3) is 0.481. The van der Waals surface area contributed by atoms with E-state index in [2.05, 4.69) is 29.6 Å². The van der Waals surface area contributed by atoms with E-state index >= 15 is 0 Å². The first kappa shape index (κ1) is 25.4. The number of nitrogens with zero attached hydrogens (tertiary/aromatic N) is 2. The molecule has 0 bridgehead atoms. The summed E-state index contributed by atoms with van der Waals surface area (Å²) < 4.78 is 27.7. The molecule has 2 fully saturated rings. The summed E-state index contributed by atoms with van der Waals surface area (Å²) >= 11 is 0. The standard InChI is InChI=1S/C27H35N3O4S/c1-19-5-8-22(9-6-19)27(23-10-11-23)28-25(31)12-13-26(32)29-14-16-30(17-15-29)35(33,34)24-18-20(2)4-7-21(24)3/h4-9,18,23,27H,10-17H2,1-3H3,(H,28,31)/t27-/m0/s1. The fourth-order valence-corrected chi connectivity index (χ4v) is 6.33. The van der Waals surface area contributed by atoms with Gasteiger partial charge < -0.3 is 10.2 Å². The lowest BCUT2D eigenvalue weighted by Crippen LogP contribution is -2.50. The number of nitrogens with one attached hydrogen (secondary N) is 1. The van der Waals surface area contributed by atoms with E-state index in [9.17, 15) is 18.0 Å². The SMILES string of the molecule is Cc1ccc([C@H](NC(=O)CCC(=O)N2CCN(S(=O)(=O)c3cc(C)ccc3C)CC2)C2CC2)cc1. The van der Waals surface area contributed by atoms with Gasteiger partial charge in [-0.15, -0.1) is 0 Å². The molecule has 1 aliphatic carbocycles. The van der Waals surface area contributed by atoms with Crippen LogP contribution in [0.25, 0.3) is 0 Å². The lowest BCUT2D eigenvalue weighted by molar-refractivity contribution is -0.134. The van der Waals surface area contributed by atoms with Crippen LogP contribution in [0, 0.1) is 26.7 Å². The van der Waals surface area contributed by atoms with Crippen molar-refractivity contribution in [1.29, 1.82) is 0 Å². The van der Waals surface area contributed by atoms with Crippen LogP contribution < -0.4 is 5.32 Å². The molecule has 1 saturated carbocycles. The lowest BCUT2D eigenvalue weighted by Gasteiger charge is -2.34. The quantitative estimate of drug-likeness (QED) is 0.605. The van der Waals surface area contributed by atoms with Gasteiger partial charge in [-0.05, 0) is 62.3 Å². The molecule has 1 atom stereocenters. The third-order valence-corrected chi connectivity index (χ3v) is 9.01. The van der Waals surface area contributed by atoms with Gasteiger partial charge in [-0.2, -0.15) is 4.31 Å². The molecule has 2 aliphatic rings. The van der Waals surface area contributed by atoms with Gasteiger partial charge in [0.1, 0.15) is 0 Å². The first-order valence-corrected chi connectivity index (χ1v) is 13.8. The summed E-state index contributed by atoms with van der Waals surface area (Å²) in [6.45, 7) is 6.88. The second-order valence-electron chi connectivity index (χ2n) is 9.85. The zero-order valence-corrected chi connectivity index (χ0v) is 21.6. The lowest BCUT2D eigenvalue weighted by atomic mass is 10.0. The van der Waals surface area contributed by atoms with Gasteiger partial charge in [0.05, 0.1) is 10.9 Å². The van der Waals surface area contributed by atoms with Gasteiger partial charge in [0.25, 0.3) is 0 Å². The molecule has 1 saturated heterocycles. The van der Waals surface area contributed by atoms with Crippen LogP contribution in [0.4, 0.5) is 0 Å². The molecule has 0 aromatic heterocycles. The second kappa shape index (κ2) is 10.5. The maximum absolute atomic E-state index is 13.1. The number of benzene rings is 2. The van der Waals surface area contributed by atoms with Crippen LogP contribution in [0.15, 0.2) is 47.4 Å². The number of hydrogen-bond acceptors (Lipinski definition) is 4. The Hall–Kier alpha value is -2.71. The van der Waals surface area contributed by atoms with E-state index in [4.69, 9.17) is 0 Å². The van der Waals surface area contributed by atoms with Crippen LogP contribution in [-0.2, 0) is 19.6 Å². The average molecular weight is 498 g/mol. The summed E-state index contributed by atoms with van der Waals surface area (Å²) in [5.41, 5.74) is 3.91. The van der Waals surface area contributed by atoms with E-state index in [0.717, 1.165) is 29.5 Å². The Labute approximate surface area is 208 Å². The second-order valence-corrected chi connectivity index (χ2v) is 11.8. The number of rotatable bonds is 8. The number of amides is 2. The summed E-state index contributed by atoms with van der Waals surface area (Å²) in [5, 5.41) is 3.13. The van der Waals surface area contributed by atoms with Crippen molar-refractivity contribution < 1.29 is 18.0 Å². The highest BCUT2D eigenvalue weighted by molar-refractivity contribution is 7.89. The highest BCUT2D eigenvalue weighted by atomic mass is 32.2. The van der Waals surface area contributed by atoms with Crippen LogP contribution in [0.1, 0.15) is 54.0 Å². The Morgan fingerprint density at radius 2 is 1.54 bits per heavy atom. The Morgan fingerprint density at radius 3 is 2.17 bits per heavy atom. The van der Waals surface area contributed by atoms with Gasteiger partial charge in [-0.3, -0.25) is 9.59 Å². The van der Waals surface area contributed by atoms with Crippen LogP contribution >= 0.6 is 0 Å². The Kier molecular flexibility index (Phi) is 7.62. The van der Waals surface area contributed by atoms with Crippen LogP contribution in [0.3, 0.4) is 0 Å². The molecule has 7 nitrogen and oxygen atoms in total. The normalized spacial score (nSPS) is 17.7. The third-order valence-electron chi connectivity index (χ3n) is 6.97. The van der Waals surface area contributed by atoms with Crippen LogP contribution in [-0.4, -0.2) is 55.6 Å². The maximum atomic E-state index is 13.1. The monoisotopic (exact) mass is 497 g/mol. The molecule has 35 heavy (non-hydrogen) atoms. The van der Waals surface area contributed by atoms with Crippen LogP contribution in [0.2, 0.25) is 0 Å². The first-order valence-electron chi connectivity index (χ1n) is 12.4. The van der Waals surface area contributed by atoms with Crippen molar-refractivity contribution in [3.8, 4) is 0 Å². The molecular formula is C27H35N3O4S. The van der Waals surface area contributed by atoms with Crippen molar-refractivity contribution in [3.63, 3.8) is 0 Å². The molecule has 188 valence electrons. The van der Waals surface area contributed by atoms with Gasteiger partial charge in [-0.25, -0.2) is 8.42 Å². The van der Waals surface area contributed by atoms with Crippen molar-refractivity contribution in [2.24, 2.45) is 5.92 Å². The van der Waals surface area contributed by atoms with E-state index < -0.39 is 10.0 Å². The fourth-order valence-electron chi connectivity index (χ4n) is 4.60. The van der Waals surface area contributed by atoms with Crippen LogP contribution in [0.5, 0.6) is 0 Å². The molecular weight excluding hydrogens is 462 g/mol. The molecule has 0 radical (unpaired) electrons. The van der Waals surface area contributed by atoms with E-state index in [1.807, 2.05) is 26.0 Å². The molecule has 1 N–H and O–H groups in total. The molecule has 0 unspecified atom stereocenters. The summed E-state index contributed by atoms with van der Waals surface area (Å²) in [7, 11) is -3.60. The molecule has 8 heteroatoms. The van der Waals surface area contributed by atoms with E-state index in [0.29, 0.717) is 23.9 Å². The van der Waals surface area contributed by atoms with Gasteiger partial charge >= 0.3 is 0 Å². The topological polar surface area (TPSA) is 86.8 Å². The third kappa shape index (κ3) is 6.11. The van der Waals surface area contributed by atoms with E-state index in [1.165, 1.54) is 9.87 Å². The highest BCUT2D eigenvalue weighted by Gasteiger charge is 2.34. The average Bonchev–Trinajstić information content (AvgIpc) is 3.68. The molecule has 2 aromatic carbocycles. The molecule has 4 rings (SSSR count). The van der Waals surface area contributed by atoms with Gasteiger partial charge in [-0.1, -0.05) is 42.0 Å². The van der Waals surface area contributed by atoms with Gasteiger partial charge in [0, 0.05) is 39.0 Å². The van der Waals surface area contributed by atoms with Crippen molar-refractivity contribution in [2.45, 2.75) is 57.4 Å². The van der Waals surface area contributed by atoms with Crippen molar-refractivity contribution in [2.75, 3.05) is 26.2 Å². The van der Waals surface area contributed by atoms with Gasteiger partial charge in [0.15, 0.2) is 0 Å². The van der Waals surface area contributed by atoms with E-state index in [1.54, 1.807) is 17.9 Å². The summed E-state index contributed by atoms with van der Waals surface area (Å²) in [5.74, 6) is 0.235. The highest BCUT2D eigenvalue weighted by Crippen LogP contribution is 2.41. The smallest absolute Gasteiger partial charge is 0.243 e. The maximum Gasteiger partial charge on any atom is 0.243 e. The summed E-state index contributed by atoms with van der Waals surface area (Å²) in [4.78, 5) is 27.4. The predicted molar refractivity (Wildman–Crippen MR) is 135 cm³/mol.